The van der Waals surface area contributed by atoms with Gasteiger partial charge in [0.05, 0.1) is 18.2 Å². The molecule has 2 aliphatic rings. The Morgan fingerprint density at radius 3 is 2.34 bits per heavy atom. The highest BCUT2D eigenvalue weighted by Gasteiger charge is 2.68. The molecule has 1 aromatic heterocycles. The van der Waals surface area contributed by atoms with Crippen molar-refractivity contribution in [2.24, 2.45) is 7.05 Å². The molecule has 1 saturated heterocycles. The number of rotatable bonds is 6. The summed E-state index contributed by atoms with van der Waals surface area (Å²) in [5.74, 6) is -3.40. The van der Waals surface area contributed by atoms with Crippen molar-refractivity contribution in [1.29, 1.82) is 0 Å². The van der Waals surface area contributed by atoms with Gasteiger partial charge in [0.15, 0.2) is 20.1 Å². The topological polar surface area (TPSA) is 188 Å². The van der Waals surface area contributed by atoms with Crippen molar-refractivity contribution in [3.8, 4) is 0 Å². The number of ether oxygens (including phenoxy) is 3. The van der Waals surface area contributed by atoms with Gasteiger partial charge in [-0.3, -0.25) is 23.5 Å². The van der Waals surface area contributed by atoms with Gasteiger partial charge in [-0.05, 0) is 25.1 Å². The quantitative estimate of drug-likeness (QED) is 0.194. The van der Waals surface area contributed by atoms with Crippen LogP contribution in [0.2, 0.25) is 18.1 Å². The predicted molar refractivity (Wildman–Crippen MR) is 144 cm³/mol. The van der Waals surface area contributed by atoms with Crippen molar-refractivity contribution < 1.29 is 45.6 Å². The molecule has 228 valence electrons. The Morgan fingerprint density at radius 1 is 1.20 bits per heavy atom. The van der Waals surface area contributed by atoms with Crippen molar-refractivity contribution in [3.63, 3.8) is 0 Å². The van der Waals surface area contributed by atoms with Crippen LogP contribution in [-0.2, 0) is 54.4 Å². The van der Waals surface area contributed by atoms with Gasteiger partial charge in [0.25, 0.3) is 15.7 Å². The highest BCUT2D eigenvalue weighted by molar-refractivity contribution is 7.90. The highest BCUT2D eigenvalue weighted by atomic mass is 32.2. The largest absolute Gasteiger partial charge is 0.463 e. The van der Waals surface area contributed by atoms with Gasteiger partial charge in [0.2, 0.25) is 0 Å². The number of aryl methyl sites for hydroxylation is 1. The Hall–Kier alpha value is -3.12. The minimum atomic E-state index is -4.56. The van der Waals surface area contributed by atoms with Crippen molar-refractivity contribution in [1.82, 2.24) is 14.5 Å². The molecule has 15 nitrogen and oxygen atoms in total. The lowest BCUT2D eigenvalue weighted by Crippen LogP contribution is -2.60. The van der Waals surface area contributed by atoms with Gasteiger partial charge < -0.3 is 24.0 Å². The second kappa shape index (κ2) is 10.9. The average molecular weight is 618 g/mol. The maximum absolute atomic E-state index is 13.3. The molecule has 1 fully saturated rings. The van der Waals surface area contributed by atoms with E-state index in [0.717, 1.165) is 23.2 Å². The zero-order valence-corrected chi connectivity index (χ0v) is 26.1. The van der Waals surface area contributed by atoms with E-state index in [1.807, 2.05) is 33.9 Å². The van der Waals surface area contributed by atoms with Gasteiger partial charge >= 0.3 is 23.5 Å². The molecule has 17 heteroatoms. The molecule has 0 aromatic carbocycles. The Morgan fingerprint density at radius 2 is 1.80 bits per heavy atom. The molecule has 0 saturated carbocycles. The number of hydrogen-bond acceptors (Lipinski definition) is 12. The second-order valence-electron chi connectivity index (χ2n) is 11.3. The van der Waals surface area contributed by atoms with Crippen LogP contribution in [0.5, 0.6) is 0 Å². The van der Waals surface area contributed by atoms with Crippen molar-refractivity contribution in [3.05, 3.63) is 43.7 Å². The highest BCUT2D eigenvalue weighted by Crippen LogP contribution is 2.52. The van der Waals surface area contributed by atoms with Crippen LogP contribution in [0.3, 0.4) is 0 Å². The maximum atomic E-state index is 13.3. The smallest absolute Gasteiger partial charge is 0.396 e. The molecular weight excluding hydrogens is 582 g/mol. The molecule has 4 atom stereocenters. The number of esters is 2. The van der Waals surface area contributed by atoms with E-state index in [1.165, 1.54) is 20.2 Å². The molecule has 41 heavy (non-hydrogen) atoms. The number of amides is 1. The molecule has 3 rings (SSSR count). The summed E-state index contributed by atoms with van der Waals surface area (Å²) in [7, 11) is -5.22. The SMILES string of the molecule is COC(=O)C(=O)NC1=CS(=O)(=O)O[C@@]12[C@@H](COC(C)=O)O[C@@H](n1cc(C)c(=O)n(C)c1=O)[C@@H]2O[Si](C)(C)C(C)(C)C. The Labute approximate surface area is 237 Å². The van der Waals surface area contributed by atoms with E-state index in [9.17, 15) is 32.4 Å². The third-order valence-electron chi connectivity index (χ3n) is 7.44. The fourth-order valence-electron chi connectivity index (χ4n) is 4.29. The van der Waals surface area contributed by atoms with E-state index in [-0.39, 0.29) is 5.56 Å². The van der Waals surface area contributed by atoms with Crippen molar-refractivity contribution in [2.75, 3.05) is 13.7 Å². The first kappa shape index (κ1) is 32.4. The zero-order chi connectivity index (χ0) is 31.3. The first-order chi connectivity index (χ1) is 18.7. The van der Waals surface area contributed by atoms with Gasteiger partial charge in [-0.15, -0.1) is 0 Å². The van der Waals surface area contributed by atoms with Crippen LogP contribution < -0.4 is 16.6 Å². The summed E-state index contributed by atoms with van der Waals surface area (Å²) >= 11 is 0. The van der Waals surface area contributed by atoms with E-state index in [4.69, 9.17) is 18.1 Å². The minimum Gasteiger partial charge on any atom is -0.463 e. The van der Waals surface area contributed by atoms with Gasteiger partial charge in [-0.25, -0.2) is 13.8 Å². The lowest BCUT2D eigenvalue weighted by atomic mass is 9.89. The summed E-state index contributed by atoms with van der Waals surface area (Å²) in [6.45, 7) is 11.4. The van der Waals surface area contributed by atoms with Gasteiger partial charge in [0, 0.05) is 25.7 Å². The number of aromatic nitrogens is 2. The molecule has 2 aliphatic heterocycles. The van der Waals surface area contributed by atoms with E-state index in [0.29, 0.717) is 5.41 Å². The molecule has 0 bridgehead atoms. The maximum Gasteiger partial charge on any atom is 0.396 e. The van der Waals surface area contributed by atoms with Crippen molar-refractivity contribution in [2.45, 2.75) is 76.8 Å². The van der Waals surface area contributed by atoms with Crippen molar-refractivity contribution >= 4 is 36.3 Å². The molecule has 0 aliphatic carbocycles. The zero-order valence-electron chi connectivity index (χ0n) is 24.3. The van der Waals surface area contributed by atoms with E-state index >= 15 is 0 Å². The fourth-order valence-corrected chi connectivity index (χ4v) is 6.82. The molecule has 1 N–H and O–H groups in total. The standard InChI is InChI=1S/C24H35N3O12SSi/c1-13-10-27(22(32)26(6)19(13)30)20-17(38-41(8,9)23(3,4)5)24(16(37-20)11-36-14(2)28)15(12-40(33,34)39-24)25-18(29)21(31)35-7/h10,12,16-17,20H,11H2,1-9H3,(H,25,29)/t16-,17+,20-,24-/m1/s1. The molecule has 0 unspecified atom stereocenters. The van der Waals surface area contributed by atoms with E-state index in [2.05, 4.69) is 10.1 Å². The number of nitrogens with one attached hydrogen (secondary N) is 1. The molecule has 1 aromatic rings. The molecule has 3 heterocycles. The molecular formula is C24H35N3O12SSi. The lowest BCUT2D eigenvalue weighted by molar-refractivity contribution is -0.153. The summed E-state index contributed by atoms with van der Waals surface area (Å²) in [6.07, 6.45) is -3.19. The number of carbonyl (C=O) groups excluding carboxylic acids is 3. The third-order valence-corrected chi connectivity index (χ3v) is 12.9. The van der Waals surface area contributed by atoms with Gasteiger partial charge in [-0.2, -0.15) is 8.42 Å². The van der Waals surface area contributed by atoms with Crippen LogP contribution >= 0.6 is 0 Å². The van der Waals surface area contributed by atoms with Gasteiger partial charge in [-0.1, -0.05) is 20.8 Å². The van der Waals surface area contributed by atoms with Crippen LogP contribution in [0.1, 0.15) is 39.5 Å². The Balaban J connectivity index is 2.36. The first-order valence-electron chi connectivity index (χ1n) is 12.5. The van der Waals surface area contributed by atoms with Crippen LogP contribution in [-0.4, -0.2) is 75.2 Å². The number of methoxy groups -OCH3 is 1. The van der Waals surface area contributed by atoms with E-state index in [1.54, 1.807) is 0 Å². The number of hydrogen-bond donors (Lipinski definition) is 1. The van der Waals surface area contributed by atoms with Crippen LogP contribution in [0.15, 0.2) is 26.9 Å². The summed E-state index contributed by atoms with van der Waals surface area (Å²) in [6, 6.07) is 0. The Bertz CT molecular complexity index is 1520. The summed E-state index contributed by atoms with van der Waals surface area (Å²) in [4.78, 5) is 62.2. The number of carbonyl (C=O) groups is 3. The predicted octanol–water partition coefficient (Wildman–Crippen LogP) is -0.0643. The monoisotopic (exact) mass is 617 g/mol. The fraction of sp³-hybridized carbons (Fsp3) is 0.625. The number of nitrogens with zero attached hydrogens (tertiary/aromatic N) is 2. The average Bonchev–Trinajstić information content (AvgIpc) is 3.29. The minimum absolute atomic E-state index is 0.161. The first-order valence-corrected chi connectivity index (χ1v) is 16.9. The van der Waals surface area contributed by atoms with E-state index < -0.39 is 88.9 Å². The second-order valence-corrected chi connectivity index (χ2v) is 17.5. The Kier molecular flexibility index (Phi) is 8.64. The summed E-state index contributed by atoms with van der Waals surface area (Å²) < 4.78 is 56.0. The molecule has 0 radical (unpaired) electrons. The van der Waals surface area contributed by atoms with Crippen LogP contribution in [0.25, 0.3) is 0 Å². The molecule has 1 amide bonds. The summed E-state index contributed by atoms with van der Waals surface area (Å²) in [5, 5.41) is 2.35. The van der Waals surface area contributed by atoms with Crippen LogP contribution in [0.4, 0.5) is 0 Å². The normalized spacial score (nSPS) is 25.6. The van der Waals surface area contributed by atoms with Gasteiger partial charge in [0.1, 0.15) is 18.8 Å². The third kappa shape index (κ3) is 5.94. The van der Waals surface area contributed by atoms with Crippen LogP contribution in [0, 0.1) is 6.92 Å². The summed E-state index contributed by atoms with van der Waals surface area (Å²) in [5.41, 5.74) is -3.93. The lowest BCUT2D eigenvalue weighted by Gasteiger charge is -2.43. The molecule has 1 spiro atoms.